The van der Waals surface area contributed by atoms with Crippen molar-refractivity contribution in [3.05, 3.63) is 35.1 Å². The van der Waals surface area contributed by atoms with Gasteiger partial charge in [-0.1, -0.05) is 13.3 Å². The van der Waals surface area contributed by atoms with Crippen molar-refractivity contribution in [2.24, 2.45) is 5.92 Å². The van der Waals surface area contributed by atoms with E-state index in [0.717, 1.165) is 70.3 Å². The molecule has 158 valence electrons. The van der Waals surface area contributed by atoms with E-state index >= 15 is 0 Å². The fourth-order valence-electron chi connectivity index (χ4n) is 4.51. The molecule has 1 aromatic rings. The van der Waals surface area contributed by atoms with E-state index in [-0.39, 0.29) is 12.0 Å². The second-order valence-corrected chi connectivity index (χ2v) is 8.47. The molecule has 1 aromatic carbocycles. The maximum atomic E-state index is 13.5. The minimum absolute atomic E-state index is 0.0835. The van der Waals surface area contributed by atoms with Gasteiger partial charge in [-0.2, -0.15) is 0 Å². The molecule has 0 radical (unpaired) electrons. The Bertz CT molecular complexity index is 583. The molecule has 0 saturated heterocycles. The summed E-state index contributed by atoms with van der Waals surface area (Å²) in [5.74, 6) is -2.87. The molecule has 0 amide bonds. The summed E-state index contributed by atoms with van der Waals surface area (Å²) in [6.45, 7) is 3.87. The van der Waals surface area contributed by atoms with Gasteiger partial charge in [0, 0.05) is 13.2 Å². The third kappa shape index (κ3) is 5.96. The van der Waals surface area contributed by atoms with Crippen LogP contribution in [0.1, 0.15) is 82.6 Å². The Balaban J connectivity index is 1.35. The summed E-state index contributed by atoms with van der Waals surface area (Å²) in [6.07, 6.45) is 11.0. The summed E-state index contributed by atoms with van der Waals surface area (Å²) < 4.78 is 52.2. The zero-order chi connectivity index (χ0) is 19.9. The van der Waals surface area contributed by atoms with Gasteiger partial charge in [-0.3, -0.25) is 0 Å². The molecule has 0 aliphatic heterocycles. The van der Waals surface area contributed by atoms with E-state index in [0.29, 0.717) is 17.6 Å². The van der Waals surface area contributed by atoms with Crippen LogP contribution in [0.15, 0.2) is 12.1 Å². The summed E-state index contributed by atoms with van der Waals surface area (Å²) in [5.41, 5.74) is 0.566. The van der Waals surface area contributed by atoms with E-state index in [9.17, 15) is 13.2 Å². The number of rotatable bonds is 8. The summed E-state index contributed by atoms with van der Waals surface area (Å²) in [4.78, 5) is 0. The Morgan fingerprint density at radius 3 is 2.00 bits per heavy atom. The van der Waals surface area contributed by atoms with Crippen LogP contribution in [0.25, 0.3) is 0 Å². The molecule has 2 nitrogen and oxygen atoms in total. The smallest absolute Gasteiger partial charge is 0.194 e. The number of ether oxygens (including phenoxy) is 2. The van der Waals surface area contributed by atoms with Gasteiger partial charge in [0.15, 0.2) is 17.5 Å². The van der Waals surface area contributed by atoms with Crippen LogP contribution in [0.3, 0.4) is 0 Å². The van der Waals surface area contributed by atoms with Crippen LogP contribution < -0.4 is 0 Å². The first-order chi connectivity index (χ1) is 13.6. The van der Waals surface area contributed by atoms with Gasteiger partial charge in [0.2, 0.25) is 0 Å². The Kier molecular flexibility index (Phi) is 8.22. The predicted molar refractivity (Wildman–Crippen MR) is 104 cm³/mol. The quantitative estimate of drug-likeness (QED) is 0.366. The molecule has 2 saturated carbocycles. The second-order valence-electron chi connectivity index (χ2n) is 8.47. The normalized spacial score (nSPS) is 28.4. The van der Waals surface area contributed by atoms with E-state index in [1.54, 1.807) is 0 Å². The average Bonchev–Trinajstić information content (AvgIpc) is 2.71. The largest absolute Gasteiger partial charge is 0.378 e. The molecule has 0 bridgehead atoms. The van der Waals surface area contributed by atoms with Gasteiger partial charge in [0.1, 0.15) is 0 Å². The van der Waals surface area contributed by atoms with Crippen LogP contribution in [0, 0.1) is 23.4 Å². The minimum Gasteiger partial charge on any atom is -0.378 e. The molecule has 2 fully saturated rings. The van der Waals surface area contributed by atoms with Crippen molar-refractivity contribution in [2.45, 2.75) is 89.3 Å². The lowest BCUT2D eigenvalue weighted by atomic mass is 9.82. The first-order valence-corrected chi connectivity index (χ1v) is 10.9. The van der Waals surface area contributed by atoms with Crippen molar-refractivity contribution < 1.29 is 22.6 Å². The molecule has 2 aliphatic carbocycles. The summed E-state index contributed by atoms with van der Waals surface area (Å²) in [7, 11) is 0. The van der Waals surface area contributed by atoms with Gasteiger partial charge in [0.05, 0.1) is 12.2 Å². The molecule has 0 spiro atoms. The molecule has 28 heavy (non-hydrogen) atoms. The van der Waals surface area contributed by atoms with Gasteiger partial charge >= 0.3 is 0 Å². The van der Waals surface area contributed by atoms with E-state index < -0.39 is 17.5 Å². The highest BCUT2D eigenvalue weighted by Gasteiger charge is 2.27. The lowest BCUT2D eigenvalue weighted by molar-refractivity contribution is -0.0256. The van der Waals surface area contributed by atoms with Crippen LogP contribution in [-0.4, -0.2) is 25.4 Å². The van der Waals surface area contributed by atoms with Crippen molar-refractivity contribution in [1.82, 2.24) is 0 Å². The molecule has 0 atom stereocenters. The van der Waals surface area contributed by atoms with Crippen molar-refractivity contribution in [2.75, 3.05) is 13.2 Å². The van der Waals surface area contributed by atoms with Crippen molar-refractivity contribution in [3.8, 4) is 0 Å². The monoisotopic (exact) mass is 398 g/mol. The molecule has 0 N–H and O–H groups in total. The maximum absolute atomic E-state index is 13.5. The molecule has 2 aliphatic rings. The lowest BCUT2D eigenvalue weighted by Crippen LogP contribution is -2.27. The highest BCUT2D eigenvalue weighted by Crippen LogP contribution is 2.36. The fraction of sp³-hybridized carbons (Fsp3) is 0.739. The number of hydrogen-bond donors (Lipinski definition) is 0. The SMILES string of the molecule is CCCCOC1CCC(COC2CCC(c3cc(F)c(F)c(F)c3)CC2)CC1. The summed E-state index contributed by atoms with van der Waals surface area (Å²) in [5, 5.41) is 0. The highest BCUT2D eigenvalue weighted by atomic mass is 19.2. The van der Waals surface area contributed by atoms with Gasteiger partial charge in [-0.05, 0) is 87.3 Å². The molecule has 0 heterocycles. The summed E-state index contributed by atoms with van der Waals surface area (Å²) in [6, 6.07) is 2.29. The van der Waals surface area contributed by atoms with E-state index in [4.69, 9.17) is 9.47 Å². The van der Waals surface area contributed by atoms with Gasteiger partial charge in [0.25, 0.3) is 0 Å². The molecule has 0 unspecified atom stereocenters. The number of hydrogen-bond acceptors (Lipinski definition) is 2. The first kappa shape index (κ1) is 21.6. The van der Waals surface area contributed by atoms with Crippen LogP contribution in [0.5, 0.6) is 0 Å². The molecule has 5 heteroatoms. The van der Waals surface area contributed by atoms with Crippen molar-refractivity contribution >= 4 is 0 Å². The Morgan fingerprint density at radius 2 is 1.39 bits per heavy atom. The van der Waals surface area contributed by atoms with Crippen molar-refractivity contribution in [1.29, 1.82) is 0 Å². The number of halogens is 3. The topological polar surface area (TPSA) is 18.5 Å². The van der Waals surface area contributed by atoms with Crippen LogP contribution in [0.2, 0.25) is 0 Å². The average molecular weight is 399 g/mol. The Labute approximate surface area is 166 Å². The highest BCUT2D eigenvalue weighted by molar-refractivity contribution is 5.23. The van der Waals surface area contributed by atoms with Crippen LogP contribution in [0.4, 0.5) is 13.2 Å². The van der Waals surface area contributed by atoms with Crippen LogP contribution in [-0.2, 0) is 9.47 Å². The lowest BCUT2D eigenvalue weighted by Gasteiger charge is -2.32. The first-order valence-electron chi connectivity index (χ1n) is 10.9. The standard InChI is InChI=1S/C23H33F3O2/c1-2-3-12-27-19-8-4-16(5-9-19)15-28-20-10-6-17(7-11-20)18-13-21(24)23(26)22(25)14-18/h13-14,16-17,19-20H,2-12,15H2,1H3. The molecular formula is C23H33F3O2. The molecule has 3 rings (SSSR count). The third-order valence-corrected chi connectivity index (χ3v) is 6.36. The van der Waals surface area contributed by atoms with E-state index in [1.165, 1.54) is 19.3 Å². The Morgan fingerprint density at radius 1 is 0.821 bits per heavy atom. The molecular weight excluding hydrogens is 365 g/mol. The zero-order valence-electron chi connectivity index (χ0n) is 16.9. The minimum atomic E-state index is -1.38. The fourth-order valence-corrected chi connectivity index (χ4v) is 4.51. The summed E-state index contributed by atoms with van der Waals surface area (Å²) >= 11 is 0. The van der Waals surface area contributed by atoms with E-state index in [1.807, 2.05) is 0 Å². The van der Waals surface area contributed by atoms with Crippen molar-refractivity contribution in [3.63, 3.8) is 0 Å². The van der Waals surface area contributed by atoms with Gasteiger partial charge in [-0.25, -0.2) is 13.2 Å². The van der Waals surface area contributed by atoms with Gasteiger partial charge in [-0.15, -0.1) is 0 Å². The van der Waals surface area contributed by atoms with Crippen LogP contribution >= 0.6 is 0 Å². The zero-order valence-corrected chi connectivity index (χ0v) is 16.9. The van der Waals surface area contributed by atoms with E-state index in [2.05, 4.69) is 6.92 Å². The predicted octanol–water partition coefficient (Wildman–Crippen LogP) is 6.52. The number of unbranched alkanes of at least 4 members (excludes halogenated alkanes) is 1. The molecule has 0 aromatic heterocycles. The Hall–Kier alpha value is -1.07. The second kappa shape index (κ2) is 10.6. The van der Waals surface area contributed by atoms with Gasteiger partial charge < -0.3 is 9.47 Å². The maximum Gasteiger partial charge on any atom is 0.194 e. The third-order valence-electron chi connectivity index (χ3n) is 6.36. The number of benzene rings is 1.